The number of halogens is 3. The van der Waals surface area contributed by atoms with Crippen molar-refractivity contribution in [3.8, 4) is 11.1 Å². The molecule has 0 atom stereocenters. The van der Waals surface area contributed by atoms with Gasteiger partial charge < -0.3 is 0 Å². The highest BCUT2D eigenvalue weighted by Gasteiger charge is 2.25. The van der Waals surface area contributed by atoms with Crippen LogP contribution >= 0.6 is 0 Å². The Morgan fingerprint density at radius 2 is 1.61 bits per heavy atom. The second-order valence-electron chi connectivity index (χ2n) is 8.93. The molecule has 1 aliphatic rings. The van der Waals surface area contributed by atoms with Crippen LogP contribution in [-0.2, 0) is 6.42 Å². The highest BCUT2D eigenvalue weighted by molar-refractivity contribution is 5.65. The van der Waals surface area contributed by atoms with Crippen LogP contribution in [0.25, 0.3) is 11.1 Å². The van der Waals surface area contributed by atoms with Gasteiger partial charge in [0.15, 0.2) is 11.6 Å². The molecule has 3 heteroatoms. The van der Waals surface area contributed by atoms with Crippen LogP contribution in [0.5, 0.6) is 0 Å². The van der Waals surface area contributed by atoms with E-state index in [0.717, 1.165) is 31.2 Å². The van der Waals surface area contributed by atoms with Gasteiger partial charge in [-0.15, -0.1) is 0 Å². The SMILES string of the molecule is C=C(C)/C=C(/F)C(=C)CCc1ccc(-c2ccc(C3CCC(C)CC3)c(F)c2F)cc1. The Balaban J connectivity index is 1.70. The fraction of sp³-hybridized carbons (Fsp3) is 0.357. The quantitative estimate of drug-likeness (QED) is 0.389. The van der Waals surface area contributed by atoms with Gasteiger partial charge in [-0.25, -0.2) is 13.2 Å². The first-order chi connectivity index (χ1) is 14.8. The molecule has 31 heavy (non-hydrogen) atoms. The van der Waals surface area contributed by atoms with E-state index in [-0.39, 0.29) is 17.3 Å². The summed E-state index contributed by atoms with van der Waals surface area (Å²) in [6, 6.07) is 10.8. The Morgan fingerprint density at radius 3 is 2.23 bits per heavy atom. The standard InChI is InChI=1S/C28H31F3/c1-18(2)17-26(29)20(4)7-8-21-9-13-23(14-10-21)25-16-15-24(27(30)28(25)31)22-11-5-19(3)6-12-22/h9-10,13-17,19,22H,1,4-8,11-12H2,2-3H3/b26-17+. The summed E-state index contributed by atoms with van der Waals surface area (Å²) in [5.74, 6) is -1.07. The lowest BCUT2D eigenvalue weighted by molar-refractivity contribution is 0.339. The van der Waals surface area contributed by atoms with E-state index >= 15 is 0 Å². The number of hydrogen-bond donors (Lipinski definition) is 0. The first-order valence-corrected chi connectivity index (χ1v) is 11.0. The maximum Gasteiger partial charge on any atom is 0.166 e. The van der Waals surface area contributed by atoms with Crippen LogP contribution in [-0.4, -0.2) is 0 Å². The molecule has 1 saturated carbocycles. The van der Waals surface area contributed by atoms with E-state index in [9.17, 15) is 13.2 Å². The molecule has 0 aliphatic heterocycles. The van der Waals surface area contributed by atoms with Crippen molar-refractivity contribution in [2.75, 3.05) is 0 Å². The monoisotopic (exact) mass is 424 g/mol. The first kappa shape index (κ1) is 23.1. The van der Waals surface area contributed by atoms with Crippen molar-refractivity contribution in [2.45, 2.75) is 58.3 Å². The molecular formula is C28H31F3. The first-order valence-electron chi connectivity index (χ1n) is 11.0. The van der Waals surface area contributed by atoms with Crippen molar-refractivity contribution in [3.63, 3.8) is 0 Å². The molecule has 0 spiro atoms. The molecule has 1 aliphatic carbocycles. The zero-order chi connectivity index (χ0) is 22.5. The largest absolute Gasteiger partial charge is 0.207 e. The van der Waals surface area contributed by atoms with Crippen LogP contribution in [0.15, 0.2) is 72.6 Å². The Kier molecular flexibility index (Phi) is 7.59. The summed E-state index contributed by atoms with van der Waals surface area (Å²) in [7, 11) is 0. The fourth-order valence-electron chi connectivity index (χ4n) is 4.26. The van der Waals surface area contributed by atoms with Gasteiger partial charge in [-0.3, -0.25) is 0 Å². The van der Waals surface area contributed by atoms with Crippen LogP contribution < -0.4 is 0 Å². The molecule has 0 aromatic heterocycles. The number of allylic oxidation sites excluding steroid dienone is 4. The van der Waals surface area contributed by atoms with E-state index in [0.29, 0.717) is 41.0 Å². The highest BCUT2D eigenvalue weighted by Crippen LogP contribution is 2.38. The van der Waals surface area contributed by atoms with Gasteiger partial charge in [0.05, 0.1) is 0 Å². The van der Waals surface area contributed by atoms with Gasteiger partial charge in [-0.2, -0.15) is 0 Å². The second-order valence-corrected chi connectivity index (χ2v) is 8.93. The summed E-state index contributed by atoms with van der Waals surface area (Å²) in [5, 5.41) is 0. The van der Waals surface area contributed by atoms with Gasteiger partial charge in [0.2, 0.25) is 0 Å². The van der Waals surface area contributed by atoms with Crippen molar-refractivity contribution in [3.05, 3.63) is 95.4 Å². The van der Waals surface area contributed by atoms with Gasteiger partial charge in [-0.05, 0) is 72.8 Å². The van der Waals surface area contributed by atoms with Crippen molar-refractivity contribution in [1.29, 1.82) is 0 Å². The lowest BCUT2D eigenvalue weighted by Gasteiger charge is -2.27. The van der Waals surface area contributed by atoms with E-state index in [2.05, 4.69) is 20.1 Å². The minimum Gasteiger partial charge on any atom is -0.207 e. The van der Waals surface area contributed by atoms with E-state index in [1.807, 2.05) is 12.1 Å². The zero-order valence-electron chi connectivity index (χ0n) is 18.5. The predicted molar refractivity (Wildman–Crippen MR) is 124 cm³/mol. The van der Waals surface area contributed by atoms with Gasteiger partial charge in [0, 0.05) is 5.56 Å². The maximum atomic E-state index is 14.9. The third-order valence-electron chi connectivity index (χ3n) is 6.26. The average Bonchev–Trinajstić information content (AvgIpc) is 2.74. The Morgan fingerprint density at radius 1 is 0.968 bits per heavy atom. The highest BCUT2D eigenvalue weighted by atomic mass is 19.2. The molecule has 3 rings (SSSR count). The maximum absolute atomic E-state index is 14.9. The summed E-state index contributed by atoms with van der Waals surface area (Å²) in [5.41, 5.74) is 3.47. The summed E-state index contributed by atoms with van der Waals surface area (Å²) in [6.45, 7) is 11.4. The van der Waals surface area contributed by atoms with Crippen molar-refractivity contribution in [1.82, 2.24) is 0 Å². The van der Waals surface area contributed by atoms with E-state index in [1.54, 1.807) is 31.2 Å². The lowest BCUT2D eigenvalue weighted by Crippen LogP contribution is -2.13. The lowest BCUT2D eigenvalue weighted by atomic mass is 9.79. The van der Waals surface area contributed by atoms with Crippen LogP contribution in [0.1, 0.15) is 63.0 Å². The number of benzene rings is 2. The third kappa shape index (κ3) is 5.78. The molecule has 0 saturated heterocycles. The molecule has 1 fully saturated rings. The zero-order valence-corrected chi connectivity index (χ0v) is 18.5. The number of hydrogen-bond acceptors (Lipinski definition) is 0. The summed E-state index contributed by atoms with van der Waals surface area (Å²) >= 11 is 0. The van der Waals surface area contributed by atoms with E-state index in [4.69, 9.17) is 0 Å². The van der Waals surface area contributed by atoms with Gasteiger partial charge >= 0.3 is 0 Å². The smallest absolute Gasteiger partial charge is 0.166 e. The minimum atomic E-state index is -0.774. The molecule has 0 N–H and O–H groups in total. The molecule has 0 unspecified atom stereocenters. The molecule has 0 amide bonds. The third-order valence-corrected chi connectivity index (χ3v) is 6.26. The number of rotatable bonds is 7. The van der Waals surface area contributed by atoms with Crippen molar-refractivity contribution >= 4 is 0 Å². The number of aryl methyl sites for hydroxylation is 1. The minimum absolute atomic E-state index is 0.106. The molecule has 0 radical (unpaired) electrons. The predicted octanol–water partition coefficient (Wildman–Crippen LogP) is 8.84. The van der Waals surface area contributed by atoms with Crippen LogP contribution in [0, 0.1) is 17.6 Å². The summed E-state index contributed by atoms with van der Waals surface area (Å²) < 4.78 is 43.7. The van der Waals surface area contributed by atoms with Gasteiger partial charge in [0.25, 0.3) is 0 Å². The van der Waals surface area contributed by atoms with Gasteiger partial charge in [0.1, 0.15) is 5.83 Å². The molecule has 0 bridgehead atoms. The molecule has 164 valence electrons. The van der Waals surface area contributed by atoms with Crippen molar-refractivity contribution < 1.29 is 13.2 Å². The summed E-state index contributed by atoms with van der Waals surface area (Å²) in [4.78, 5) is 0. The van der Waals surface area contributed by atoms with E-state index in [1.165, 1.54) is 6.08 Å². The topological polar surface area (TPSA) is 0 Å². The Bertz CT molecular complexity index is 974. The average molecular weight is 425 g/mol. The Hall–Kier alpha value is -2.55. The van der Waals surface area contributed by atoms with Crippen LogP contribution in [0.3, 0.4) is 0 Å². The van der Waals surface area contributed by atoms with Crippen LogP contribution in [0.2, 0.25) is 0 Å². The molecule has 2 aromatic carbocycles. The molecule has 2 aromatic rings. The summed E-state index contributed by atoms with van der Waals surface area (Å²) in [6.07, 6.45) is 6.43. The molecule has 0 nitrogen and oxygen atoms in total. The molecule has 0 heterocycles. The Labute approximate surface area is 184 Å². The fourth-order valence-corrected chi connectivity index (χ4v) is 4.26. The van der Waals surface area contributed by atoms with Crippen molar-refractivity contribution in [2.24, 2.45) is 5.92 Å². The molecular weight excluding hydrogens is 393 g/mol. The normalized spacial score (nSPS) is 19.3. The second kappa shape index (κ2) is 10.2. The van der Waals surface area contributed by atoms with E-state index < -0.39 is 11.6 Å². The van der Waals surface area contributed by atoms with Gasteiger partial charge in [-0.1, -0.05) is 74.9 Å². The van der Waals surface area contributed by atoms with Crippen LogP contribution in [0.4, 0.5) is 13.2 Å².